The van der Waals surface area contributed by atoms with Crippen LogP contribution in [0.3, 0.4) is 0 Å². The number of hydrogen-bond acceptors (Lipinski definition) is 1. The molecule has 0 N–H and O–H groups in total. The first-order valence-electron chi connectivity index (χ1n) is 13.9. The van der Waals surface area contributed by atoms with Gasteiger partial charge < -0.3 is 9.97 Å². The Morgan fingerprint density at radius 3 is 1.67 bits per heavy atom. The summed E-state index contributed by atoms with van der Waals surface area (Å²) < 4.78 is 0. The van der Waals surface area contributed by atoms with Crippen LogP contribution in [0.1, 0.15) is 59.3 Å². The Hall–Kier alpha value is -2.70. The first kappa shape index (κ1) is 25.0. The van der Waals surface area contributed by atoms with Gasteiger partial charge in [0.15, 0.2) is 0 Å². The van der Waals surface area contributed by atoms with Gasteiger partial charge in [0.25, 0.3) is 0 Å². The van der Waals surface area contributed by atoms with Gasteiger partial charge in [-0.3, -0.25) is 0 Å². The normalized spacial score (nSPS) is 12.2. The molecular formula is C33H39N2P. The molecule has 1 heterocycles. The van der Waals surface area contributed by atoms with Gasteiger partial charge >= 0.3 is 0 Å². The van der Waals surface area contributed by atoms with Gasteiger partial charge in [-0.25, -0.2) is 0 Å². The van der Waals surface area contributed by atoms with Crippen LogP contribution in [0.15, 0.2) is 72.8 Å². The third-order valence-corrected chi connectivity index (χ3v) is 12.7. The molecule has 5 rings (SSSR count). The highest BCUT2D eigenvalue weighted by Crippen LogP contribution is 2.59. The van der Waals surface area contributed by atoms with E-state index in [1.165, 1.54) is 78.6 Å². The standard InChI is InChI=1S/C33H39N2P/c1-4-7-22-36(23-8-5-2,24-9-6-3)26-20-18-25(19-21-26)33-34-31-29-16-12-10-14-27(29)28-15-11-13-17-30(28)32(31)35-33/h10-21H,4-9,22-24H2,1-3H3. The Bertz CT molecular complexity index is 1350. The number of unbranched alkanes of at least 4 members (excludes halogenated alkanes) is 3. The van der Waals surface area contributed by atoms with Gasteiger partial charge in [-0.1, -0.05) is 107 Å². The molecule has 0 aliphatic heterocycles. The highest BCUT2D eigenvalue weighted by Gasteiger charge is 2.37. The van der Waals surface area contributed by atoms with Crippen LogP contribution in [0, 0.1) is 0 Å². The van der Waals surface area contributed by atoms with Gasteiger partial charge in [0.1, 0.15) is 0 Å². The van der Waals surface area contributed by atoms with Crippen molar-refractivity contribution in [3.63, 3.8) is 0 Å². The maximum Gasteiger partial charge on any atom is 0.0939 e. The number of nitrogens with zero attached hydrogens (tertiary/aromatic N) is 2. The first-order chi connectivity index (χ1) is 17.7. The average molecular weight is 495 g/mol. The Labute approximate surface area is 216 Å². The molecule has 1 aromatic heterocycles. The molecule has 0 atom stereocenters. The highest BCUT2D eigenvalue weighted by molar-refractivity contribution is 7.82. The van der Waals surface area contributed by atoms with Gasteiger partial charge in [0, 0.05) is 7.26 Å². The van der Waals surface area contributed by atoms with Gasteiger partial charge in [-0.05, 0) is 69.5 Å². The fourth-order valence-corrected chi connectivity index (χ4v) is 10.7. The molecule has 5 aromatic rings. The lowest BCUT2D eigenvalue weighted by Gasteiger charge is -2.28. The molecule has 0 aliphatic carbocycles. The van der Waals surface area contributed by atoms with Crippen molar-refractivity contribution in [2.75, 3.05) is 18.5 Å². The summed E-state index contributed by atoms with van der Waals surface area (Å²) in [6.07, 6.45) is 12.1. The number of hydrogen-bond donors (Lipinski definition) is 0. The summed E-state index contributed by atoms with van der Waals surface area (Å²) in [7, 11) is -1.14. The van der Waals surface area contributed by atoms with E-state index in [1.807, 2.05) is 0 Å². The second-order valence-corrected chi connectivity index (χ2v) is 14.4. The van der Waals surface area contributed by atoms with Gasteiger partial charge in [-0.15, -0.1) is 0 Å². The second-order valence-electron chi connectivity index (χ2n) is 10.3. The number of rotatable bonds is 11. The van der Waals surface area contributed by atoms with E-state index in [1.54, 1.807) is 5.30 Å². The summed E-state index contributed by atoms with van der Waals surface area (Å²) in [5.74, 6) is 0.845. The zero-order valence-electron chi connectivity index (χ0n) is 22.1. The molecule has 3 heteroatoms. The zero-order chi connectivity index (χ0) is 25.0. The quantitative estimate of drug-likeness (QED) is 0.135. The largest absolute Gasteiger partial charge is 0.435 e. The summed E-state index contributed by atoms with van der Waals surface area (Å²) in [5.41, 5.74) is 3.15. The number of aromatic nitrogens is 2. The Morgan fingerprint density at radius 1 is 0.611 bits per heavy atom. The molecule has 0 aliphatic rings. The second kappa shape index (κ2) is 11.1. The van der Waals surface area contributed by atoms with Crippen LogP contribution in [0.5, 0.6) is 0 Å². The third kappa shape index (κ3) is 4.69. The monoisotopic (exact) mass is 494 g/mol. The summed E-state index contributed by atoms with van der Waals surface area (Å²) in [6, 6.07) is 26.7. The van der Waals surface area contributed by atoms with E-state index in [0.29, 0.717) is 0 Å². The Kier molecular flexibility index (Phi) is 7.73. The molecule has 0 saturated carbocycles. The predicted octanol–water partition coefficient (Wildman–Crippen LogP) is 9.21. The SMILES string of the molecule is CCCC[P+](CCCC)(CCCC)c1ccc(-c2nc3c4ccccc4c4ccccc4c3[n-]2)cc1. The lowest BCUT2D eigenvalue weighted by atomic mass is 10.0. The van der Waals surface area contributed by atoms with E-state index in [0.717, 1.165) is 22.4 Å². The molecule has 0 amide bonds. The minimum absolute atomic E-state index is 0.845. The van der Waals surface area contributed by atoms with Crippen LogP contribution >= 0.6 is 7.26 Å². The first-order valence-corrected chi connectivity index (χ1v) is 16.3. The van der Waals surface area contributed by atoms with Crippen LogP contribution < -0.4 is 10.3 Å². The fraction of sp³-hybridized carbons (Fsp3) is 0.364. The van der Waals surface area contributed by atoms with Gasteiger partial charge in [0.2, 0.25) is 0 Å². The maximum absolute atomic E-state index is 5.10. The van der Waals surface area contributed by atoms with Gasteiger partial charge in [0.05, 0.1) is 23.8 Å². The Morgan fingerprint density at radius 2 is 1.11 bits per heavy atom. The maximum atomic E-state index is 5.10. The van der Waals surface area contributed by atoms with E-state index < -0.39 is 7.26 Å². The van der Waals surface area contributed by atoms with Crippen LogP contribution in [-0.4, -0.2) is 23.5 Å². The molecule has 0 radical (unpaired) electrons. The molecule has 0 fully saturated rings. The molecular weight excluding hydrogens is 455 g/mol. The summed E-state index contributed by atoms with van der Waals surface area (Å²) >= 11 is 0. The van der Waals surface area contributed by atoms with Crippen molar-refractivity contribution in [3.05, 3.63) is 72.8 Å². The number of fused-ring (bicyclic) bond motifs is 6. The fourth-order valence-electron chi connectivity index (χ4n) is 5.73. The average Bonchev–Trinajstić information content (AvgIpc) is 3.39. The van der Waals surface area contributed by atoms with Crippen molar-refractivity contribution in [2.45, 2.75) is 59.3 Å². The van der Waals surface area contributed by atoms with Crippen molar-refractivity contribution in [1.82, 2.24) is 9.97 Å². The zero-order valence-corrected chi connectivity index (χ0v) is 23.0. The van der Waals surface area contributed by atoms with Crippen LogP contribution in [-0.2, 0) is 0 Å². The summed E-state index contributed by atoms with van der Waals surface area (Å²) in [6.45, 7) is 7.01. The topological polar surface area (TPSA) is 27.0 Å². The van der Waals surface area contributed by atoms with E-state index in [-0.39, 0.29) is 0 Å². The third-order valence-electron chi connectivity index (χ3n) is 7.81. The van der Waals surface area contributed by atoms with Crippen LogP contribution in [0.25, 0.3) is 44.0 Å². The summed E-state index contributed by atoms with van der Waals surface area (Å²) in [5, 5.41) is 6.49. The van der Waals surface area contributed by atoms with Crippen molar-refractivity contribution in [3.8, 4) is 11.4 Å². The van der Waals surface area contributed by atoms with Crippen molar-refractivity contribution in [2.24, 2.45) is 0 Å². The minimum Gasteiger partial charge on any atom is -0.435 e. The van der Waals surface area contributed by atoms with E-state index in [2.05, 4.69) is 93.6 Å². The van der Waals surface area contributed by atoms with E-state index in [4.69, 9.17) is 9.97 Å². The molecule has 4 aromatic carbocycles. The molecule has 0 saturated heterocycles. The molecule has 0 bridgehead atoms. The molecule has 0 unspecified atom stereocenters. The molecule has 36 heavy (non-hydrogen) atoms. The lowest BCUT2D eigenvalue weighted by molar-refractivity contribution is 0.841. The van der Waals surface area contributed by atoms with E-state index >= 15 is 0 Å². The summed E-state index contributed by atoms with van der Waals surface area (Å²) in [4.78, 5) is 10.2. The van der Waals surface area contributed by atoms with Gasteiger partial charge in [-0.2, -0.15) is 0 Å². The van der Waals surface area contributed by atoms with Crippen LogP contribution in [0.4, 0.5) is 0 Å². The molecule has 2 nitrogen and oxygen atoms in total. The highest BCUT2D eigenvalue weighted by atomic mass is 31.2. The predicted molar refractivity (Wildman–Crippen MR) is 161 cm³/mol. The van der Waals surface area contributed by atoms with Crippen LogP contribution in [0.2, 0.25) is 0 Å². The number of benzene rings is 4. The van der Waals surface area contributed by atoms with E-state index in [9.17, 15) is 0 Å². The molecule has 186 valence electrons. The van der Waals surface area contributed by atoms with Crippen molar-refractivity contribution in [1.29, 1.82) is 0 Å². The molecule has 0 spiro atoms. The van der Waals surface area contributed by atoms with Crippen molar-refractivity contribution < 1.29 is 0 Å². The minimum atomic E-state index is -1.14. The number of imidazole rings is 1. The smallest absolute Gasteiger partial charge is 0.0939 e. The lowest BCUT2D eigenvalue weighted by Crippen LogP contribution is -2.21. The van der Waals surface area contributed by atoms with Crippen molar-refractivity contribution >= 4 is 45.1 Å². The Balaban J connectivity index is 1.58.